The Kier molecular flexibility index (Phi) is 5.68. The lowest BCUT2D eigenvalue weighted by molar-refractivity contribution is 1.29. The predicted octanol–water partition coefficient (Wildman–Crippen LogP) is 10.7. The maximum Gasteiger partial charge on any atom is 0.0973 e. The maximum atomic E-state index is 5.29. The molecule has 2 nitrogen and oxygen atoms in total. The molecular weight excluding hydrogens is 516 g/mol. The molecule has 0 aliphatic heterocycles. The fraction of sp³-hybridized carbons (Fsp3) is 0. The minimum Gasteiger partial charge on any atom is -0.244 e. The van der Waals surface area contributed by atoms with Gasteiger partial charge in [-0.2, -0.15) is 0 Å². The number of nitrogens with zero attached hydrogens (tertiary/aromatic N) is 2. The molecular formula is C38H24N2S. The highest BCUT2D eigenvalue weighted by molar-refractivity contribution is 7.25. The Morgan fingerprint density at radius 1 is 0.390 bits per heavy atom. The van der Waals surface area contributed by atoms with Crippen molar-refractivity contribution >= 4 is 42.5 Å². The molecule has 2 heterocycles. The summed E-state index contributed by atoms with van der Waals surface area (Å²) < 4.78 is 2.64. The quantitative estimate of drug-likeness (QED) is 0.222. The van der Waals surface area contributed by atoms with Gasteiger partial charge in [-0.3, -0.25) is 0 Å². The first-order valence-corrected chi connectivity index (χ1v) is 14.6. The van der Waals surface area contributed by atoms with Crippen molar-refractivity contribution in [3.8, 4) is 44.8 Å². The highest BCUT2D eigenvalue weighted by Gasteiger charge is 2.16. The van der Waals surface area contributed by atoms with Crippen LogP contribution in [0.15, 0.2) is 146 Å². The van der Waals surface area contributed by atoms with E-state index in [-0.39, 0.29) is 0 Å². The number of rotatable bonds is 4. The minimum absolute atomic E-state index is 0.889. The van der Waals surface area contributed by atoms with Crippen molar-refractivity contribution in [2.75, 3.05) is 0 Å². The smallest absolute Gasteiger partial charge is 0.0973 e. The normalized spacial score (nSPS) is 11.4. The SMILES string of the molecule is c1ccc(-c2nc3cccc(-c4ccc(-c5cccc6sc7ccccc7c56)cc4)c3nc2-c2ccccc2)cc1. The van der Waals surface area contributed by atoms with Gasteiger partial charge in [0.1, 0.15) is 0 Å². The van der Waals surface area contributed by atoms with Gasteiger partial charge in [0.25, 0.3) is 0 Å². The molecule has 3 heteroatoms. The van der Waals surface area contributed by atoms with Crippen molar-refractivity contribution in [1.82, 2.24) is 9.97 Å². The molecule has 0 aliphatic carbocycles. The van der Waals surface area contributed by atoms with Crippen molar-refractivity contribution in [2.24, 2.45) is 0 Å². The fourth-order valence-corrected chi connectivity index (χ4v) is 6.88. The van der Waals surface area contributed by atoms with E-state index in [1.807, 2.05) is 35.6 Å². The van der Waals surface area contributed by atoms with Crippen LogP contribution in [-0.4, -0.2) is 9.97 Å². The van der Waals surface area contributed by atoms with Crippen LogP contribution in [0.2, 0.25) is 0 Å². The molecule has 0 amide bonds. The van der Waals surface area contributed by atoms with Crippen LogP contribution < -0.4 is 0 Å². The molecule has 2 aromatic heterocycles. The van der Waals surface area contributed by atoms with Gasteiger partial charge in [0.05, 0.1) is 22.4 Å². The van der Waals surface area contributed by atoms with E-state index in [2.05, 4.69) is 121 Å². The molecule has 8 aromatic rings. The van der Waals surface area contributed by atoms with Crippen LogP contribution in [0.3, 0.4) is 0 Å². The predicted molar refractivity (Wildman–Crippen MR) is 174 cm³/mol. The van der Waals surface area contributed by atoms with Crippen LogP contribution in [0.4, 0.5) is 0 Å². The number of fused-ring (bicyclic) bond motifs is 4. The van der Waals surface area contributed by atoms with Crippen LogP contribution in [0.1, 0.15) is 0 Å². The summed E-state index contributed by atoms with van der Waals surface area (Å²) in [6, 6.07) is 51.2. The Morgan fingerprint density at radius 2 is 0.951 bits per heavy atom. The fourth-order valence-electron chi connectivity index (χ4n) is 5.75. The van der Waals surface area contributed by atoms with Crippen molar-refractivity contribution in [2.45, 2.75) is 0 Å². The topological polar surface area (TPSA) is 25.8 Å². The molecule has 192 valence electrons. The third-order valence-electron chi connectivity index (χ3n) is 7.70. The molecule has 0 fully saturated rings. The highest BCUT2D eigenvalue weighted by Crippen LogP contribution is 2.41. The Balaban J connectivity index is 1.28. The number of aromatic nitrogens is 2. The largest absolute Gasteiger partial charge is 0.244 e. The van der Waals surface area contributed by atoms with E-state index >= 15 is 0 Å². The van der Waals surface area contributed by atoms with Gasteiger partial charge in [-0.15, -0.1) is 11.3 Å². The molecule has 8 rings (SSSR count). The second kappa shape index (κ2) is 9.81. The van der Waals surface area contributed by atoms with Crippen molar-refractivity contribution in [3.05, 3.63) is 146 Å². The van der Waals surface area contributed by atoms with E-state index in [0.29, 0.717) is 0 Å². The standard InChI is InChI=1S/C38H24N2S/c1-3-11-27(12-4-1)36-37(28-13-5-2-6-14-28)40-38-30(17-9-18-32(38)39-36)26-23-21-25(22-24-26)29-16-10-20-34-35(29)31-15-7-8-19-33(31)41-34/h1-24H. The van der Waals surface area contributed by atoms with Crippen LogP contribution in [0.25, 0.3) is 76.0 Å². The van der Waals surface area contributed by atoms with Gasteiger partial charge in [0, 0.05) is 36.9 Å². The Bertz CT molecular complexity index is 2180. The zero-order valence-electron chi connectivity index (χ0n) is 22.2. The summed E-state index contributed by atoms with van der Waals surface area (Å²) in [6.45, 7) is 0. The molecule has 41 heavy (non-hydrogen) atoms. The van der Waals surface area contributed by atoms with Crippen LogP contribution in [0, 0.1) is 0 Å². The summed E-state index contributed by atoms with van der Waals surface area (Å²) in [7, 11) is 0. The molecule has 0 radical (unpaired) electrons. The first-order valence-electron chi connectivity index (χ1n) is 13.8. The van der Waals surface area contributed by atoms with Gasteiger partial charge in [0.15, 0.2) is 0 Å². The maximum absolute atomic E-state index is 5.29. The summed E-state index contributed by atoms with van der Waals surface area (Å²) in [5.74, 6) is 0. The van der Waals surface area contributed by atoms with Crippen LogP contribution in [-0.2, 0) is 0 Å². The second-order valence-electron chi connectivity index (χ2n) is 10.2. The molecule has 6 aromatic carbocycles. The molecule has 0 spiro atoms. The first kappa shape index (κ1) is 23.7. The van der Waals surface area contributed by atoms with Gasteiger partial charge in [-0.05, 0) is 34.9 Å². The Labute approximate surface area is 242 Å². The average molecular weight is 541 g/mol. The number of hydrogen-bond acceptors (Lipinski definition) is 3. The zero-order chi connectivity index (χ0) is 27.2. The Hall–Kier alpha value is -5.12. The van der Waals surface area contributed by atoms with Gasteiger partial charge in [-0.1, -0.05) is 127 Å². The summed E-state index contributed by atoms with van der Waals surface area (Å²) >= 11 is 1.86. The zero-order valence-corrected chi connectivity index (χ0v) is 23.0. The van der Waals surface area contributed by atoms with Crippen LogP contribution in [0.5, 0.6) is 0 Å². The number of hydrogen-bond donors (Lipinski definition) is 0. The molecule has 0 aliphatic rings. The number of benzene rings is 6. The lowest BCUT2D eigenvalue weighted by Gasteiger charge is -2.13. The number of thiophene rings is 1. The molecule has 0 saturated carbocycles. The minimum atomic E-state index is 0.889. The molecule has 0 bridgehead atoms. The average Bonchev–Trinajstić information content (AvgIpc) is 3.44. The summed E-state index contributed by atoms with van der Waals surface area (Å²) in [6.07, 6.45) is 0. The van der Waals surface area contributed by atoms with Crippen LogP contribution >= 0.6 is 11.3 Å². The third-order valence-corrected chi connectivity index (χ3v) is 8.83. The van der Waals surface area contributed by atoms with E-state index in [9.17, 15) is 0 Å². The van der Waals surface area contributed by atoms with Gasteiger partial charge in [-0.25, -0.2) is 9.97 Å². The molecule has 0 saturated heterocycles. The van der Waals surface area contributed by atoms with Crippen molar-refractivity contribution in [3.63, 3.8) is 0 Å². The lowest BCUT2D eigenvalue weighted by Crippen LogP contribution is -1.97. The van der Waals surface area contributed by atoms with E-state index in [1.165, 1.54) is 31.3 Å². The monoisotopic (exact) mass is 540 g/mol. The summed E-state index contributed by atoms with van der Waals surface area (Å²) in [4.78, 5) is 10.5. The van der Waals surface area contributed by atoms with E-state index in [4.69, 9.17) is 9.97 Å². The van der Waals surface area contributed by atoms with E-state index < -0.39 is 0 Å². The van der Waals surface area contributed by atoms with Crippen molar-refractivity contribution < 1.29 is 0 Å². The number of para-hydroxylation sites is 1. The van der Waals surface area contributed by atoms with Crippen molar-refractivity contribution in [1.29, 1.82) is 0 Å². The molecule has 0 atom stereocenters. The van der Waals surface area contributed by atoms with E-state index in [1.54, 1.807) is 0 Å². The summed E-state index contributed by atoms with van der Waals surface area (Å²) in [5.41, 5.74) is 10.4. The molecule has 0 N–H and O–H groups in total. The summed E-state index contributed by atoms with van der Waals surface area (Å²) in [5, 5.41) is 2.65. The Morgan fingerprint density at radius 3 is 1.68 bits per heavy atom. The van der Waals surface area contributed by atoms with Gasteiger partial charge < -0.3 is 0 Å². The van der Waals surface area contributed by atoms with Gasteiger partial charge >= 0.3 is 0 Å². The highest BCUT2D eigenvalue weighted by atomic mass is 32.1. The second-order valence-corrected chi connectivity index (χ2v) is 11.3. The first-order chi connectivity index (χ1) is 20.3. The third kappa shape index (κ3) is 4.10. The molecule has 0 unspecified atom stereocenters. The van der Waals surface area contributed by atoms with Gasteiger partial charge in [0.2, 0.25) is 0 Å². The lowest BCUT2D eigenvalue weighted by atomic mass is 9.96. The van der Waals surface area contributed by atoms with E-state index in [0.717, 1.165) is 44.7 Å².